The maximum atomic E-state index is 13.3. The molecule has 1 amide bonds. The van der Waals surface area contributed by atoms with Gasteiger partial charge in [-0.05, 0) is 71.8 Å². The van der Waals surface area contributed by atoms with E-state index in [1.807, 2.05) is 61.5 Å². The van der Waals surface area contributed by atoms with Crippen molar-refractivity contribution in [3.05, 3.63) is 113 Å². The number of nitrogens with one attached hydrogen (secondary N) is 2. The molecule has 5 aromatic rings. The molecule has 1 heterocycles. The molecule has 0 aliphatic carbocycles. The first-order chi connectivity index (χ1) is 19.8. The quantitative estimate of drug-likeness (QED) is 0.0961. The molecule has 8 nitrogen and oxygen atoms in total. The standard InChI is InChI=1S/C32H27ClN4O4/c1-37(2)24-14-15-26-25(18-24)29(21-7-5-4-6-8-21)30(35-26)31(38)36-34-19-20-9-16-27(28(17-20)40-3)41-32(39)22-10-12-23(33)13-11-22/h4-19,35H,1-3H3,(H,36,38). The molecule has 0 saturated carbocycles. The lowest BCUT2D eigenvalue weighted by Gasteiger charge is -2.12. The number of hydrogen-bond acceptors (Lipinski definition) is 6. The Hall–Kier alpha value is -5.08. The third kappa shape index (κ3) is 6.08. The fraction of sp³-hybridized carbons (Fsp3) is 0.0938. The molecule has 206 valence electrons. The van der Waals surface area contributed by atoms with Crippen LogP contribution in [-0.2, 0) is 0 Å². The zero-order chi connectivity index (χ0) is 28.9. The highest BCUT2D eigenvalue weighted by molar-refractivity contribution is 6.30. The number of H-pyrrole nitrogens is 1. The van der Waals surface area contributed by atoms with E-state index in [0.29, 0.717) is 27.6 Å². The SMILES string of the molecule is COc1cc(C=NNC(=O)c2[nH]c3ccc(N(C)C)cc3c2-c2ccccc2)ccc1OC(=O)c1ccc(Cl)cc1. The zero-order valence-corrected chi connectivity index (χ0v) is 23.4. The Balaban J connectivity index is 1.36. The number of aromatic amines is 1. The van der Waals surface area contributed by atoms with Gasteiger partial charge in [0, 0.05) is 41.3 Å². The Labute approximate surface area is 242 Å². The molecule has 0 saturated heterocycles. The summed E-state index contributed by atoms with van der Waals surface area (Å²) in [6.07, 6.45) is 1.49. The van der Waals surface area contributed by atoms with Gasteiger partial charge < -0.3 is 19.4 Å². The Kier molecular flexibility index (Phi) is 8.03. The van der Waals surface area contributed by atoms with Crippen LogP contribution in [0, 0.1) is 0 Å². The summed E-state index contributed by atoms with van der Waals surface area (Å²) in [7, 11) is 5.42. The van der Waals surface area contributed by atoms with E-state index in [-0.39, 0.29) is 11.7 Å². The largest absolute Gasteiger partial charge is 0.493 e. The van der Waals surface area contributed by atoms with Crippen molar-refractivity contribution in [3.8, 4) is 22.6 Å². The molecule has 0 spiro atoms. The number of nitrogens with zero attached hydrogens (tertiary/aromatic N) is 2. The summed E-state index contributed by atoms with van der Waals surface area (Å²) in [4.78, 5) is 31.1. The number of carbonyl (C=O) groups excluding carboxylic acids is 2. The number of aromatic nitrogens is 1. The Morgan fingerprint density at radius 3 is 2.39 bits per heavy atom. The maximum absolute atomic E-state index is 13.3. The van der Waals surface area contributed by atoms with Crippen molar-refractivity contribution in [2.75, 3.05) is 26.1 Å². The predicted octanol–water partition coefficient (Wildman–Crippen LogP) is 6.55. The van der Waals surface area contributed by atoms with Gasteiger partial charge in [0.1, 0.15) is 5.69 Å². The molecule has 0 atom stereocenters. The lowest BCUT2D eigenvalue weighted by atomic mass is 10.0. The molecule has 0 bridgehead atoms. The first-order valence-corrected chi connectivity index (χ1v) is 13.1. The van der Waals surface area contributed by atoms with Crippen LogP contribution in [-0.4, -0.2) is 44.3 Å². The van der Waals surface area contributed by atoms with E-state index >= 15 is 0 Å². The van der Waals surface area contributed by atoms with Gasteiger partial charge in [0.05, 0.1) is 18.9 Å². The minimum Gasteiger partial charge on any atom is -0.493 e. The van der Waals surface area contributed by atoms with Gasteiger partial charge in [0.15, 0.2) is 11.5 Å². The summed E-state index contributed by atoms with van der Waals surface area (Å²) >= 11 is 5.89. The summed E-state index contributed by atoms with van der Waals surface area (Å²) in [6, 6.07) is 27.1. The van der Waals surface area contributed by atoms with Gasteiger partial charge in [-0.2, -0.15) is 5.10 Å². The molecule has 5 rings (SSSR count). The lowest BCUT2D eigenvalue weighted by molar-refractivity contribution is 0.0729. The molecule has 2 N–H and O–H groups in total. The average Bonchev–Trinajstić information content (AvgIpc) is 3.37. The smallest absolute Gasteiger partial charge is 0.343 e. The summed E-state index contributed by atoms with van der Waals surface area (Å²) in [6.45, 7) is 0. The number of amides is 1. The fourth-order valence-electron chi connectivity index (χ4n) is 4.35. The normalized spacial score (nSPS) is 11.0. The van der Waals surface area contributed by atoms with Crippen molar-refractivity contribution in [1.29, 1.82) is 0 Å². The number of hydrogen-bond donors (Lipinski definition) is 2. The molecule has 41 heavy (non-hydrogen) atoms. The number of methoxy groups -OCH3 is 1. The fourth-order valence-corrected chi connectivity index (χ4v) is 4.47. The molecular weight excluding hydrogens is 540 g/mol. The number of halogens is 1. The summed E-state index contributed by atoms with van der Waals surface area (Å²) in [5, 5.41) is 5.62. The number of esters is 1. The third-order valence-electron chi connectivity index (χ3n) is 6.44. The van der Waals surface area contributed by atoms with Crippen LogP contribution in [0.4, 0.5) is 5.69 Å². The van der Waals surface area contributed by atoms with Gasteiger partial charge in [-0.1, -0.05) is 41.9 Å². The van der Waals surface area contributed by atoms with Gasteiger partial charge in [-0.3, -0.25) is 4.79 Å². The van der Waals surface area contributed by atoms with E-state index in [2.05, 4.69) is 21.6 Å². The summed E-state index contributed by atoms with van der Waals surface area (Å²) in [5.74, 6) is -0.348. The van der Waals surface area contributed by atoms with E-state index in [4.69, 9.17) is 21.1 Å². The van der Waals surface area contributed by atoms with Crippen LogP contribution in [0.5, 0.6) is 11.5 Å². The van der Waals surface area contributed by atoms with Crippen LogP contribution in [0.15, 0.2) is 96.1 Å². The third-order valence-corrected chi connectivity index (χ3v) is 6.69. The molecule has 1 aromatic heterocycles. The first kappa shape index (κ1) is 27.5. The molecule has 0 unspecified atom stereocenters. The van der Waals surface area contributed by atoms with Gasteiger partial charge in [0.25, 0.3) is 5.91 Å². The van der Waals surface area contributed by atoms with E-state index in [1.165, 1.54) is 13.3 Å². The van der Waals surface area contributed by atoms with Crippen molar-refractivity contribution in [2.24, 2.45) is 5.10 Å². The second kappa shape index (κ2) is 12.0. The van der Waals surface area contributed by atoms with Gasteiger partial charge in [-0.25, -0.2) is 10.2 Å². The van der Waals surface area contributed by atoms with Crippen LogP contribution < -0.4 is 19.8 Å². The van der Waals surface area contributed by atoms with Crippen LogP contribution >= 0.6 is 11.6 Å². The van der Waals surface area contributed by atoms with Crippen molar-refractivity contribution in [1.82, 2.24) is 10.4 Å². The molecule has 0 aliphatic rings. The molecular formula is C32H27ClN4O4. The van der Waals surface area contributed by atoms with Crippen LogP contribution in [0.25, 0.3) is 22.0 Å². The minimum absolute atomic E-state index is 0.247. The maximum Gasteiger partial charge on any atom is 0.343 e. The highest BCUT2D eigenvalue weighted by atomic mass is 35.5. The Morgan fingerprint density at radius 2 is 1.68 bits per heavy atom. The molecule has 4 aromatic carbocycles. The number of carbonyl (C=O) groups is 2. The number of benzene rings is 4. The summed E-state index contributed by atoms with van der Waals surface area (Å²) < 4.78 is 10.9. The molecule has 0 radical (unpaired) electrons. The number of rotatable bonds is 8. The minimum atomic E-state index is -0.543. The topological polar surface area (TPSA) is 96.0 Å². The number of fused-ring (bicyclic) bond motifs is 1. The van der Waals surface area contributed by atoms with E-state index in [9.17, 15) is 9.59 Å². The average molecular weight is 567 g/mol. The van der Waals surface area contributed by atoms with Crippen LogP contribution in [0.2, 0.25) is 5.02 Å². The number of anilines is 1. The molecule has 0 aliphatic heterocycles. The zero-order valence-electron chi connectivity index (χ0n) is 22.6. The van der Waals surface area contributed by atoms with Crippen molar-refractivity contribution in [2.45, 2.75) is 0 Å². The monoisotopic (exact) mass is 566 g/mol. The second-order valence-electron chi connectivity index (χ2n) is 9.37. The highest BCUT2D eigenvalue weighted by Crippen LogP contribution is 2.34. The van der Waals surface area contributed by atoms with E-state index < -0.39 is 5.97 Å². The van der Waals surface area contributed by atoms with Crippen LogP contribution in [0.3, 0.4) is 0 Å². The predicted molar refractivity (Wildman–Crippen MR) is 163 cm³/mol. The Bertz CT molecular complexity index is 1750. The number of ether oxygens (including phenoxy) is 2. The van der Waals surface area contributed by atoms with Crippen molar-refractivity contribution < 1.29 is 19.1 Å². The Morgan fingerprint density at radius 1 is 0.927 bits per heavy atom. The van der Waals surface area contributed by atoms with Crippen molar-refractivity contribution in [3.63, 3.8) is 0 Å². The van der Waals surface area contributed by atoms with Gasteiger partial charge in [0.2, 0.25) is 0 Å². The lowest BCUT2D eigenvalue weighted by Crippen LogP contribution is -2.18. The van der Waals surface area contributed by atoms with Crippen LogP contribution in [0.1, 0.15) is 26.4 Å². The second-order valence-corrected chi connectivity index (χ2v) is 9.81. The van der Waals surface area contributed by atoms with E-state index in [1.54, 1.807) is 42.5 Å². The molecule has 9 heteroatoms. The van der Waals surface area contributed by atoms with Gasteiger partial charge in [-0.15, -0.1) is 0 Å². The molecule has 0 fully saturated rings. The summed E-state index contributed by atoms with van der Waals surface area (Å²) in [5.41, 5.74) is 7.59. The first-order valence-electron chi connectivity index (χ1n) is 12.7. The van der Waals surface area contributed by atoms with Gasteiger partial charge >= 0.3 is 5.97 Å². The number of hydrazone groups is 1. The van der Waals surface area contributed by atoms with E-state index in [0.717, 1.165) is 27.7 Å². The highest BCUT2D eigenvalue weighted by Gasteiger charge is 2.20. The van der Waals surface area contributed by atoms with Crippen molar-refractivity contribution >= 4 is 46.3 Å².